The van der Waals surface area contributed by atoms with Crippen LogP contribution in [0.3, 0.4) is 0 Å². The van der Waals surface area contributed by atoms with E-state index in [-0.39, 0.29) is 18.0 Å². The molecule has 0 radical (unpaired) electrons. The molecule has 0 atom stereocenters. The molecule has 9 nitrogen and oxygen atoms in total. The first-order valence-electron chi connectivity index (χ1n) is 10.4. The fraction of sp³-hybridized carbons (Fsp3) is 0.167. The van der Waals surface area contributed by atoms with Gasteiger partial charge in [0.25, 0.3) is 17.3 Å². The van der Waals surface area contributed by atoms with Crippen molar-refractivity contribution < 1.29 is 14.6 Å². The lowest BCUT2D eigenvalue weighted by Crippen LogP contribution is -2.30. The van der Waals surface area contributed by atoms with E-state index >= 15 is 0 Å². The highest BCUT2D eigenvalue weighted by Crippen LogP contribution is 2.35. The quantitative estimate of drug-likeness (QED) is 0.235. The van der Waals surface area contributed by atoms with Crippen LogP contribution in [-0.4, -0.2) is 20.7 Å². The average molecular weight is 477 g/mol. The van der Waals surface area contributed by atoms with Crippen LogP contribution in [0.15, 0.2) is 66.7 Å². The number of aromatic nitrogens is 1. The van der Waals surface area contributed by atoms with Crippen molar-refractivity contribution in [3.63, 3.8) is 0 Å². The van der Waals surface area contributed by atoms with Crippen molar-refractivity contribution in [2.45, 2.75) is 26.3 Å². The van der Waals surface area contributed by atoms with Gasteiger partial charge in [-0.2, -0.15) is 0 Å². The number of fused-ring (bicyclic) bond motifs is 1. The molecule has 4 aromatic rings. The Morgan fingerprint density at radius 3 is 2.21 bits per heavy atom. The van der Waals surface area contributed by atoms with Gasteiger partial charge in [0.2, 0.25) is 0 Å². The second-order valence-electron chi connectivity index (χ2n) is 7.97. The highest BCUT2D eigenvalue weighted by atomic mass is 32.1. The fourth-order valence-corrected chi connectivity index (χ4v) is 4.62. The summed E-state index contributed by atoms with van der Waals surface area (Å²) in [6, 6.07) is 18.0. The van der Waals surface area contributed by atoms with Crippen molar-refractivity contribution in [3.05, 3.63) is 104 Å². The van der Waals surface area contributed by atoms with Gasteiger partial charge in [-0.05, 0) is 23.1 Å². The number of para-hydroxylation sites is 1. The lowest BCUT2D eigenvalue weighted by Gasteiger charge is -2.20. The van der Waals surface area contributed by atoms with Crippen LogP contribution in [0, 0.1) is 20.2 Å². The summed E-state index contributed by atoms with van der Waals surface area (Å²) in [6.07, 6.45) is 0. The van der Waals surface area contributed by atoms with Gasteiger partial charge < -0.3 is 0 Å². The summed E-state index contributed by atoms with van der Waals surface area (Å²) in [6.45, 7) is 4.26. The highest BCUT2D eigenvalue weighted by Gasteiger charge is 2.27. The van der Waals surface area contributed by atoms with Crippen LogP contribution in [0.5, 0.6) is 0 Å². The van der Waals surface area contributed by atoms with E-state index in [2.05, 4.69) is 13.8 Å². The molecular weight excluding hydrogens is 456 g/mol. The molecule has 0 N–H and O–H groups in total. The third kappa shape index (κ3) is 4.62. The van der Waals surface area contributed by atoms with Crippen LogP contribution in [0.25, 0.3) is 10.2 Å². The topological polar surface area (TPSA) is 119 Å². The van der Waals surface area contributed by atoms with Crippen molar-refractivity contribution >= 4 is 44.0 Å². The first kappa shape index (κ1) is 23.0. The van der Waals surface area contributed by atoms with Crippen LogP contribution in [0.4, 0.5) is 16.5 Å². The number of benzene rings is 3. The summed E-state index contributed by atoms with van der Waals surface area (Å²) < 4.78 is 0.900. The molecule has 0 saturated carbocycles. The summed E-state index contributed by atoms with van der Waals surface area (Å²) in [5.41, 5.74) is 1.44. The Morgan fingerprint density at radius 1 is 0.971 bits per heavy atom. The van der Waals surface area contributed by atoms with E-state index in [0.717, 1.165) is 39.5 Å². The SMILES string of the molecule is CC(C)c1cccc2sc(N(Cc3ccccc3)C(=O)c3cc([N+](=O)[O-])cc([N+](=O)[O-])c3)nc12. The van der Waals surface area contributed by atoms with Gasteiger partial charge in [-0.3, -0.25) is 29.9 Å². The molecule has 0 spiro atoms. The number of non-ortho nitro benzene ring substituents is 2. The van der Waals surface area contributed by atoms with Crippen LogP contribution >= 0.6 is 11.3 Å². The van der Waals surface area contributed by atoms with Crippen LogP contribution in [0.2, 0.25) is 0 Å². The molecule has 4 rings (SSSR count). The smallest absolute Gasteiger partial charge is 0.277 e. The molecule has 10 heteroatoms. The number of hydrogen-bond acceptors (Lipinski definition) is 7. The number of hydrogen-bond donors (Lipinski definition) is 0. The number of carbonyl (C=O) groups is 1. The standard InChI is InChI=1S/C24H20N4O5S/c1-15(2)20-9-6-10-21-22(20)25-24(34-21)26(14-16-7-4-3-5-8-16)23(29)17-11-18(27(30)31)13-19(12-17)28(32)33/h3-13,15H,14H2,1-2H3. The highest BCUT2D eigenvalue weighted by molar-refractivity contribution is 7.22. The number of carbonyl (C=O) groups excluding carboxylic acids is 1. The Bertz CT molecular complexity index is 1370. The number of nitrogens with zero attached hydrogens (tertiary/aromatic N) is 4. The molecule has 0 bridgehead atoms. The predicted octanol–water partition coefficient (Wildman–Crippen LogP) is 6.08. The molecule has 3 aromatic carbocycles. The number of thiazole rings is 1. The predicted molar refractivity (Wildman–Crippen MR) is 130 cm³/mol. The summed E-state index contributed by atoms with van der Waals surface area (Å²) in [7, 11) is 0. The van der Waals surface area contributed by atoms with Crippen LogP contribution in [-0.2, 0) is 6.54 Å². The molecule has 0 aliphatic heterocycles. The second kappa shape index (κ2) is 9.36. The van der Waals surface area contributed by atoms with Crippen molar-refractivity contribution in [1.29, 1.82) is 0 Å². The summed E-state index contributed by atoms with van der Waals surface area (Å²) in [5.74, 6) is -0.392. The fourth-order valence-electron chi connectivity index (χ4n) is 3.62. The van der Waals surface area contributed by atoms with Crippen molar-refractivity contribution in [2.24, 2.45) is 0 Å². The second-order valence-corrected chi connectivity index (χ2v) is 8.98. The van der Waals surface area contributed by atoms with Crippen molar-refractivity contribution in [2.75, 3.05) is 4.90 Å². The summed E-state index contributed by atoms with van der Waals surface area (Å²) in [4.78, 5) is 41.0. The molecule has 1 aromatic heterocycles. The molecule has 1 heterocycles. The molecule has 172 valence electrons. The molecular formula is C24H20N4O5S. The zero-order valence-electron chi connectivity index (χ0n) is 18.4. The van der Waals surface area contributed by atoms with Gasteiger partial charge in [0.1, 0.15) is 0 Å². The zero-order chi connectivity index (χ0) is 24.4. The Balaban J connectivity index is 1.85. The Morgan fingerprint density at radius 2 is 1.62 bits per heavy atom. The van der Waals surface area contributed by atoms with Gasteiger partial charge >= 0.3 is 0 Å². The van der Waals surface area contributed by atoms with E-state index in [1.807, 2.05) is 48.5 Å². The average Bonchev–Trinajstić information content (AvgIpc) is 3.26. The number of amides is 1. The maximum Gasteiger partial charge on any atom is 0.277 e. The van der Waals surface area contributed by atoms with Crippen molar-refractivity contribution in [1.82, 2.24) is 4.98 Å². The van der Waals surface area contributed by atoms with Gasteiger partial charge in [0.15, 0.2) is 5.13 Å². The number of nitro groups is 2. The van der Waals surface area contributed by atoms with Gasteiger partial charge in [-0.15, -0.1) is 0 Å². The van der Waals surface area contributed by atoms with Gasteiger partial charge in [0.05, 0.1) is 38.2 Å². The third-order valence-electron chi connectivity index (χ3n) is 5.29. The summed E-state index contributed by atoms with van der Waals surface area (Å²) >= 11 is 1.33. The van der Waals surface area contributed by atoms with Gasteiger partial charge in [-0.25, -0.2) is 4.98 Å². The Labute approximate surface area is 198 Å². The minimum Gasteiger partial charge on any atom is -0.279 e. The maximum atomic E-state index is 13.6. The van der Waals surface area contributed by atoms with E-state index in [1.54, 1.807) is 0 Å². The van der Waals surface area contributed by atoms with E-state index in [4.69, 9.17) is 4.98 Å². The first-order chi connectivity index (χ1) is 16.2. The molecule has 34 heavy (non-hydrogen) atoms. The van der Waals surface area contributed by atoms with E-state index < -0.39 is 27.1 Å². The zero-order valence-corrected chi connectivity index (χ0v) is 19.2. The lowest BCUT2D eigenvalue weighted by atomic mass is 10.0. The number of rotatable bonds is 7. The lowest BCUT2D eigenvalue weighted by molar-refractivity contribution is -0.394. The number of anilines is 1. The third-order valence-corrected chi connectivity index (χ3v) is 6.34. The molecule has 0 unspecified atom stereocenters. The van der Waals surface area contributed by atoms with Crippen LogP contribution < -0.4 is 4.90 Å². The minimum absolute atomic E-state index is 0.146. The molecule has 0 saturated heterocycles. The van der Waals surface area contributed by atoms with E-state index in [9.17, 15) is 25.0 Å². The first-order valence-corrected chi connectivity index (χ1v) is 11.3. The summed E-state index contributed by atoms with van der Waals surface area (Å²) in [5, 5.41) is 23.1. The monoisotopic (exact) mass is 476 g/mol. The molecule has 0 aliphatic carbocycles. The van der Waals surface area contributed by atoms with Gasteiger partial charge in [0, 0.05) is 12.1 Å². The van der Waals surface area contributed by atoms with E-state index in [1.165, 1.54) is 16.2 Å². The Kier molecular flexibility index (Phi) is 6.33. The van der Waals surface area contributed by atoms with Crippen molar-refractivity contribution in [3.8, 4) is 0 Å². The Hall–Kier alpha value is -4.18. The largest absolute Gasteiger partial charge is 0.279 e. The van der Waals surface area contributed by atoms with Crippen LogP contribution in [0.1, 0.15) is 41.3 Å². The maximum absolute atomic E-state index is 13.6. The number of nitro benzene ring substituents is 2. The minimum atomic E-state index is -0.752. The van der Waals surface area contributed by atoms with E-state index in [0.29, 0.717) is 5.13 Å². The molecule has 0 aliphatic rings. The molecule has 1 amide bonds. The normalized spacial score (nSPS) is 11.0. The molecule has 0 fully saturated rings. The van der Waals surface area contributed by atoms with Gasteiger partial charge in [-0.1, -0.05) is 67.6 Å².